The lowest BCUT2D eigenvalue weighted by molar-refractivity contribution is 0.313. The number of halogens is 1. The van der Waals surface area contributed by atoms with Crippen molar-refractivity contribution in [3.63, 3.8) is 0 Å². The van der Waals surface area contributed by atoms with Gasteiger partial charge in [-0.05, 0) is 43.7 Å². The number of hydrogen-bond acceptors (Lipinski definition) is 2. The monoisotopic (exact) mass is 324 g/mol. The van der Waals surface area contributed by atoms with Gasteiger partial charge in [0.05, 0.1) is 0 Å². The van der Waals surface area contributed by atoms with Gasteiger partial charge < -0.3 is 10.6 Å². The van der Waals surface area contributed by atoms with E-state index in [9.17, 15) is 0 Å². The molecule has 0 saturated heterocycles. The SMILES string of the molecule is CCC1CCC(N(C)c2cccc(Br)c2CN)CC1. The van der Waals surface area contributed by atoms with Crippen molar-refractivity contribution >= 4 is 21.6 Å². The average molecular weight is 325 g/mol. The van der Waals surface area contributed by atoms with Crippen LogP contribution in [0.2, 0.25) is 0 Å². The molecule has 1 aliphatic rings. The van der Waals surface area contributed by atoms with E-state index in [1.165, 1.54) is 43.4 Å². The fourth-order valence-electron chi connectivity index (χ4n) is 3.22. The van der Waals surface area contributed by atoms with E-state index in [0.29, 0.717) is 12.6 Å². The minimum Gasteiger partial charge on any atom is -0.371 e. The maximum atomic E-state index is 5.91. The van der Waals surface area contributed by atoms with E-state index in [0.717, 1.165) is 10.4 Å². The minimum absolute atomic E-state index is 0.589. The van der Waals surface area contributed by atoms with E-state index in [4.69, 9.17) is 5.73 Å². The van der Waals surface area contributed by atoms with Crippen molar-refractivity contribution in [3.8, 4) is 0 Å². The highest BCUT2D eigenvalue weighted by Gasteiger charge is 2.24. The van der Waals surface area contributed by atoms with E-state index < -0.39 is 0 Å². The van der Waals surface area contributed by atoms with Crippen molar-refractivity contribution < 1.29 is 0 Å². The highest BCUT2D eigenvalue weighted by Crippen LogP contribution is 2.34. The van der Waals surface area contributed by atoms with Crippen molar-refractivity contribution in [2.75, 3.05) is 11.9 Å². The summed E-state index contributed by atoms with van der Waals surface area (Å²) in [6, 6.07) is 7.04. The molecule has 0 spiro atoms. The molecule has 2 N–H and O–H groups in total. The fourth-order valence-corrected chi connectivity index (χ4v) is 3.73. The van der Waals surface area contributed by atoms with Crippen LogP contribution in [0, 0.1) is 5.92 Å². The highest BCUT2D eigenvalue weighted by molar-refractivity contribution is 9.10. The molecule has 0 amide bonds. The van der Waals surface area contributed by atoms with Crippen molar-refractivity contribution in [1.82, 2.24) is 0 Å². The Labute approximate surface area is 125 Å². The van der Waals surface area contributed by atoms with Crippen LogP contribution in [0.25, 0.3) is 0 Å². The molecule has 0 aromatic heterocycles. The Morgan fingerprint density at radius 1 is 1.26 bits per heavy atom. The molecule has 0 bridgehead atoms. The van der Waals surface area contributed by atoms with Crippen LogP contribution in [-0.2, 0) is 6.54 Å². The first-order chi connectivity index (χ1) is 9.17. The van der Waals surface area contributed by atoms with E-state index >= 15 is 0 Å². The van der Waals surface area contributed by atoms with Gasteiger partial charge >= 0.3 is 0 Å². The van der Waals surface area contributed by atoms with Crippen LogP contribution in [0.3, 0.4) is 0 Å². The summed E-state index contributed by atoms with van der Waals surface area (Å²) in [5.74, 6) is 0.945. The van der Waals surface area contributed by atoms with Gasteiger partial charge in [-0.2, -0.15) is 0 Å². The fraction of sp³-hybridized carbons (Fsp3) is 0.625. The van der Waals surface area contributed by atoms with E-state index in [1.807, 2.05) is 0 Å². The van der Waals surface area contributed by atoms with Gasteiger partial charge in [-0.1, -0.05) is 35.3 Å². The van der Waals surface area contributed by atoms with Crippen LogP contribution < -0.4 is 10.6 Å². The Morgan fingerprint density at radius 2 is 1.95 bits per heavy atom. The molecule has 106 valence electrons. The number of nitrogens with two attached hydrogens (primary N) is 1. The predicted octanol–water partition coefficient (Wildman–Crippen LogP) is 4.31. The van der Waals surface area contributed by atoms with Crippen molar-refractivity contribution in [3.05, 3.63) is 28.2 Å². The molecule has 0 heterocycles. The summed E-state index contributed by atoms with van der Waals surface area (Å²) in [6.07, 6.45) is 6.70. The molecule has 3 heteroatoms. The molecule has 1 saturated carbocycles. The van der Waals surface area contributed by atoms with E-state index in [1.54, 1.807) is 0 Å². The van der Waals surface area contributed by atoms with E-state index in [-0.39, 0.29) is 0 Å². The third-order valence-electron chi connectivity index (χ3n) is 4.62. The summed E-state index contributed by atoms with van der Waals surface area (Å²) in [5, 5.41) is 0. The first kappa shape index (κ1) is 14.9. The van der Waals surface area contributed by atoms with Gasteiger partial charge in [0.25, 0.3) is 0 Å². The quantitative estimate of drug-likeness (QED) is 0.894. The minimum atomic E-state index is 0.589. The van der Waals surface area contributed by atoms with Crippen LogP contribution in [0.1, 0.15) is 44.6 Å². The number of benzene rings is 1. The molecular weight excluding hydrogens is 300 g/mol. The number of nitrogens with zero attached hydrogens (tertiary/aromatic N) is 1. The molecule has 1 aromatic carbocycles. The molecule has 2 nitrogen and oxygen atoms in total. The summed E-state index contributed by atoms with van der Waals surface area (Å²) in [4.78, 5) is 2.44. The standard InChI is InChI=1S/C16H25BrN2/c1-3-12-7-9-13(10-8-12)19(2)16-6-4-5-15(17)14(16)11-18/h4-6,12-13H,3,7-11,18H2,1-2H3. The Hall–Kier alpha value is -0.540. The third kappa shape index (κ3) is 3.32. The summed E-state index contributed by atoms with van der Waals surface area (Å²) < 4.78 is 1.13. The van der Waals surface area contributed by atoms with Crippen molar-refractivity contribution in [1.29, 1.82) is 0 Å². The summed E-state index contributed by atoms with van der Waals surface area (Å²) in [5.41, 5.74) is 8.42. The van der Waals surface area contributed by atoms with Gasteiger partial charge in [0, 0.05) is 35.4 Å². The maximum absolute atomic E-state index is 5.91. The van der Waals surface area contributed by atoms with Crippen LogP contribution in [-0.4, -0.2) is 13.1 Å². The Kier molecular flexibility index (Phi) is 5.28. The van der Waals surface area contributed by atoms with Gasteiger partial charge in [0.1, 0.15) is 0 Å². The topological polar surface area (TPSA) is 29.3 Å². The second kappa shape index (κ2) is 6.76. The zero-order valence-electron chi connectivity index (χ0n) is 12.0. The van der Waals surface area contributed by atoms with Crippen LogP contribution >= 0.6 is 15.9 Å². The van der Waals surface area contributed by atoms with Gasteiger partial charge in [-0.3, -0.25) is 0 Å². The lowest BCUT2D eigenvalue weighted by atomic mass is 9.84. The molecule has 0 atom stereocenters. The molecule has 2 rings (SSSR count). The lowest BCUT2D eigenvalue weighted by Gasteiger charge is -2.36. The van der Waals surface area contributed by atoms with Gasteiger partial charge in [-0.25, -0.2) is 0 Å². The molecule has 19 heavy (non-hydrogen) atoms. The molecule has 0 radical (unpaired) electrons. The summed E-state index contributed by atoms with van der Waals surface area (Å²) >= 11 is 3.61. The summed E-state index contributed by atoms with van der Waals surface area (Å²) in [6.45, 7) is 2.90. The second-order valence-corrected chi connectivity index (χ2v) is 6.49. The maximum Gasteiger partial charge on any atom is 0.0423 e. The molecule has 1 aromatic rings. The van der Waals surface area contributed by atoms with E-state index in [2.05, 4.69) is 53.0 Å². The van der Waals surface area contributed by atoms with Crippen molar-refractivity contribution in [2.24, 2.45) is 11.7 Å². The van der Waals surface area contributed by atoms with Crippen LogP contribution in [0.4, 0.5) is 5.69 Å². The average Bonchev–Trinajstić information content (AvgIpc) is 2.46. The van der Waals surface area contributed by atoms with Gasteiger partial charge in [0.15, 0.2) is 0 Å². The first-order valence-corrected chi connectivity index (χ1v) is 8.17. The smallest absolute Gasteiger partial charge is 0.0423 e. The molecule has 0 aliphatic heterocycles. The zero-order chi connectivity index (χ0) is 13.8. The van der Waals surface area contributed by atoms with Gasteiger partial charge in [-0.15, -0.1) is 0 Å². The summed E-state index contributed by atoms with van der Waals surface area (Å²) in [7, 11) is 2.22. The van der Waals surface area contributed by atoms with Crippen LogP contribution in [0.15, 0.2) is 22.7 Å². The van der Waals surface area contributed by atoms with Crippen molar-refractivity contribution in [2.45, 2.75) is 51.6 Å². The lowest BCUT2D eigenvalue weighted by Crippen LogP contribution is -2.35. The first-order valence-electron chi connectivity index (χ1n) is 7.37. The highest BCUT2D eigenvalue weighted by atomic mass is 79.9. The molecule has 0 unspecified atom stereocenters. The van der Waals surface area contributed by atoms with Gasteiger partial charge in [0.2, 0.25) is 0 Å². The third-order valence-corrected chi connectivity index (χ3v) is 5.36. The Balaban J connectivity index is 2.12. The number of hydrogen-bond donors (Lipinski definition) is 1. The van der Waals surface area contributed by atoms with Crippen LogP contribution in [0.5, 0.6) is 0 Å². The molecule has 1 aliphatic carbocycles. The Morgan fingerprint density at radius 3 is 2.53 bits per heavy atom. The normalized spacial score (nSPS) is 23.4. The molecule has 1 fully saturated rings. The predicted molar refractivity (Wildman–Crippen MR) is 86.5 cm³/mol. The molecular formula is C16H25BrN2. The Bertz CT molecular complexity index is 411. The second-order valence-electron chi connectivity index (χ2n) is 5.64. The number of rotatable bonds is 4. The zero-order valence-corrected chi connectivity index (χ0v) is 13.6. The largest absolute Gasteiger partial charge is 0.371 e. The number of anilines is 1.